The van der Waals surface area contributed by atoms with E-state index in [1.165, 1.54) is 0 Å². The van der Waals surface area contributed by atoms with Gasteiger partial charge in [0.25, 0.3) is 0 Å². The maximum Gasteiger partial charge on any atom is 0.127 e. The SMILES string of the molecule is CCN(CCN)Cc1c(OC)cccc1OC. The van der Waals surface area contributed by atoms with Crippen LogP contribution in [0.4, 0.5) is 0 Å². The van der Waals surface area contributed by atoms with Crippen molar-refractivity contribution in [2.45, 2.75) is 13.5 Å². The average Bonchev–Trinajstić information content (AvgIpc) is 2.38. The molecule has 0 saturated carbocycles. The third-order valence-corrected chi connectivity index (χ3v) is 2.80. The van der Waals surface area contributed by atoms with Crippen LogP contribution in [0.1, 0.15) is 12.5 Å². The number of hydrogen-bond acceptors (Lipinski definition) is 4. The Morgan fingerprint density at radius 2 is 1.76 bits per heavy atom. The fourth-order valence-corrected chi connectivity index (χ4v) is 1.84. The van der Waals surface area contributed by atoms with E-state index in [9.17, 15) is 0 Å². The Balaban J connectivity index is 2.93. The zero-order valence-corrected chi connectivity index (χ0v) is 10.9. The van der Waals surface area contributed by atoms with E-state index in [1.807, 2.05) is 18.2 Å². The molecule has 17 heavy (non-hydrogen) atoms. The van der Waals surface area contributed by atoms with Crippen LogP contribution in [0.15, 0.2) is 18.2 Å². The standard InChI is InChI=1S/C13H22N2O2/c1-4-15(9-8-14)10-11-12(16-2)6-5-7-13(11)17-3/h5-7H,4,8-10,14H2,1-3H3. The van der Waals surface area contributed by atoms with E-state index in [2.05, 4.69) is 11.8 Å². The largest absolute Gasteiger partial charge is 0.496 e. The van der Waals surface area contributed by atoms with Crippen molar-refractivity contribution in [3.8, 4) is 11.5 Å². The van der Waals surface area contributed by atoms with Gasteiger partial charge < -0.3 is 15.2 Å². The van der Waals surface area contributed by atoms with E-state index in [0.29, 0.717) is 6.54 Å². The summed E-state index contributed by atoms with van der Waals surface area (Å²) >= 11 is 0. The van der Waals surface area contributed by atoms with Crippen LogP contribution in [-0.2, 0) is 6.54 Å². The van der Waals surface area contributed by atoms with Crippen LogP contribution in [0.5, 0.6) is 11.5 Å². The maximum atomic E-state index is 5.60. The monoisotopic (exact) mass is 238 g/mol. The van der Waals surface area contributed by atoms with Gasteiger partial charge in [-0.2, -0.15) is 0 Å². The van der Waals surface area contributed by atoms with Gasteiger partial charge in [0.05, 0.1) is 19.8 Å². The predicted octanol–water partition coefficient (Wildman–Crippen LogP) is 1.48. The van der Waals surface area contributed by atoms with Gasteiger partial charge in [0.2, 0.25) is 0 Å². The summed E-state index contributed by atoms with van der Waals surface area (Å²) in [6.07, 6.45) is 0. The lowest BCUT2D eigenvalue weighted by molar-refractivity contribution is 0.275. The zero-order chi connectivity index (χ0) is 12.7. The minimum absolute atomic E-state index is 0.658. The van der Waals surface area contributed by atoms with Crippen LogP contribution in [0.25, 0.3) is 0 Å². The molecule has 1 aromatic rings. The second kappa shape index (κ2) is 7.14. The highest BCUT2D eigenvalue weighted by Gasteiger charge is 2.12. The molecular weight excluding hydrogens is 216 g/mol. The van der Waals surface area contributed by atoms with Gasteiger partial charge in [0.15, 0.2) is 0 Å². The first-order chi connectivity index (χ1) is 8.26. The molecule has 0 saturated heterocycles. The summed E-state index contributed by atoms with van der Waals surface area (Å²) in [4.78, 5) is 2.26. The molecular formula is C13H22N2O2. The minimum atomic E-state index is 0.658. The summed E-state index contributed by atoms with van der Waals surface area (Å²) < 4.78 is 10.7. The Hall–Kier alpha value is -1.26. The number of nitrogens with two attached hydrogens (primary N) is 1. The third kappa shape index (κ3) is 3.61. The lowest BCUT2D eigenvalue weighted by atomic mass is 10.1. The smallest absolute Gasteiger partial charge is 0.127 e. The van der Waals surface area contributed by atoms with E-state index < -0.39 is 0 Å². The minimum Gasteiger partial charge on any atom is -0.496 e. The second-order valence-corrected chi connectivity index (χ2v) is 3.80. The molecule has 0 amide bonds. The summed E-state index contributed by atoms with van der Waals surface area (Å²) in [5.41, 5.74) is 6.67. The van der Waals surface area contributed by atoms with Gasteiger partial charge in [-0.3, -0.25) is 4.90 Å². The lowest BCUT2D eigenvalue weighted by Gasteiger charge is -2.22. The van der Waals surface area contributed by atoms with Crippen molar-refractivity contribution in [1.82, 2.24) is 4.90 Å². The van der Waals surface area contributed by atoms with E-state index in [1.54, 1.807) is 14.2 Å². The molecule has 96 valence electrons. The fraction of sp³-hybridized carbons (Fsp3) is 0.538. The molecule has 0 aliphatic carbocycles. The number of hydrogen-bond donors (Lipinski definition) is 1. The van der Waals surface area contributed by atoms with Crippen LogP contribution < -0.4 is 15.2 Å². The molecule has 0 heterocycles. The van der Waals surface area contributed by atoms with Crippen molar-refractivity contribution in [2.24, 2.45) is 5.73 Å². The normalized spacial score (nSPS) is 10.6. The number of likely N-dealkylation sites (N-methyl/N-ethyl adjacent to an activating group) is 1. The van der Waals surface area contributed by atoms with Crippen LogP contribution in [0, 0.1) is 0 Å². The lowest BCUT2D eigenvalue weighted by Crippen LogP contribution is -2.29. The molecule has 0 atom stereocenters. The van der Waals surface area contributed by atoms with Crippen LogP contribution in [-0.4, -0.2) is 38.8 Å². The molecule has 2 N–H and O–H groups in total. The fourth-order valence-electron chi connectivity index (χ4n) is 1.84. The molecule has 0 aliphatic rings. The summed E-state index contributed by atoms with van der Waals surface area (Å²) in [6.45, 7) is 5.40. The van der Waals surface area contributed by atoms with E-state index in [-0.39, 0.29) is 0 Å². The van der Waals surface area contributed by atoms with Crippen molar-refractivity contribution >= 4 is 0 Å². The van der Waals surface area contributed by atoms with Crippen molar-refractivity contribution in [3.63, 3.8) is 0 Å². The Bertz CT molecular complexity index is 320. The van der Waals surface area contributed by atoms with Crippen molar-refractivity contribution in [3.05, 3.63) is 23.8 Å². The Labute approximate surface area is 103 Å². The van der Waals surface area contributed by atoms with Gasteiger partial charge in [-0.15, -0.1) is 0 Å². The second-order valence-electron chi connectivity index (χ2n) is 3.80. The van der Waals surface area contributed by atoms with Gasteiger partial charge in [-0.1, -0.05) is 13.0 Å². The molecule has 0 unspecified atom stereocenters. The van der Waals surface area contributed by atoms with Crippen molar-refractivity contribution < 1.29 is 9.47 Å². The summed E-state index contributed by atoms with van der Waals surface area (Å²) in [5.74, 6) is 1.72. The first-order valence-electron chi connectivity index (χ1n) is 5.89. The summed E-state index contributed by atoms with van der Waals surface area (Å²) in [7, 11) is 3.36. The van der Waals surface area contributed by atoms with E-state index in [0.717, 1.165) is 36.7 Å². The molecule has 4 nitrogen and oxygen atoms in total. The highest BCUT2D eigenvalue weighted by atomic mass is 16.5. The average molecular weight is 238 g/mol. The molecule has 0 spiro atoms. The van der Waals surface area contributed by atoms with Gasteiger partial charge in [0, 0.05) is 19.6 Å². The predicted molar refractivity (Wildman–Crippen MR) is 69.6 cm³/mol. The highest BCUT2D eigenvalue weighted by molar-refractivity contribution is 5.44. The maximum absolute atomic E-state index is 5.60. The van der Waals surface area contributed by atoms with Crippen molar-refractivity contribution in [2.75, 3.05) is 33.9 Å². The number of nitrogens with zero attached hydrogens (tertiary/aromatic N) is 1. The topological polar surface area (TPSA) is 47.7 Å². The first-order valence-corrected chi connectivity index (χ1v) is 5.89. The summed E-state index contributed by atoms with van der Waals surface area (Å²) in [5, 5.41) is 0. The molecule has 0 bridgehead atoms. The van der Waals surface area contributed by atoms with Crippen LogP contribution in [0.2, 0.25) is 0 Å². The molecule has 4 heteroatoms. The Morgan fingerprint density at radius 3 is 2.18 bits per heavy atom. The number of methoxy groups -OCH3 is 2. The summed E-state index contributed by atoms with van der Waals surface area (Å²) in [6, 6.07) is 5.84. The molecule has 1 aromatic carbocycles. The quantitative estimate of drug-likeness (QED) is 0.781. The van der Waals surface area contributed by atoms with Gasteiger partial charge >= 0.3 is 0 Å². The van der Waals surface area contributed by atoms with E-state index in [4.69, 9.17) is 15.2 Å². The van der Waals surface area contributed by atoms with E-state index >= 15 is 0 Å². The molecule has 0 aromatic heterocycles. The number of benzene rings is 1. The highest BCUT2D eigenvalue weighted by Crippen LogP contribution is 2.29. The number of rotatable bonds is 7. The first kappa shape index (κ1) is 13.8. The van der Waals surface area contributed by atoms with Gasteiger partial charge in [0.1, 0.15) is 11.5 Å². The number of ether oxygens (including phenoxy) is 2. The molecule has 0 radical (unpaired) electrons. The Kier molecular flexibility index (Phi) is 5.80. The van der Waals surface area contributed by atoms with Gasteiger partial charge in [-0.05, 0) is 18.7 Å². The Morgan fingerprint density at radius 1 is 1.18 bits per heavy atom. The molecule has 1 rings (SSSR count). The zero-order valence-electron chi connectivity index (χ0n) is 10.9. The molecule has 0 fully saturated rings. The van der Waals surface area contributed by atoms with Gasteiger partial charge in [-0.25, -0.2) is 0 Å². The third-order valence-electron chi connectivity index (χ3n) is 2.80. The van der Waals surface area contributed by atoms with Crippen LogP contribution in [0.3, 0.4) is 0 Å². The van der Waals surface area contributed by atoms with Crippen molar-refractivity contribution in [1.29, 1.82) is 0 Å². The molecule has 0 aliphatic heterocycles. The van der Waals surface area contributed by atoms with Crippen LogP contribution >= 0.6 is 0 Å².